The average Bonchev–Trinajstić information content (AvgIpc) is 3.09. The number of aromatic nitrogens is 2. The summed E-state index contributed by atoms with van der Waals surface area (Å²) in [7, 11) is 0. The van der Waals surface area contributed by atoms with Crippen LogP contribution in [0.4, 0.5) is 5.82 Å². The van der Waals surface area contributed by atoms with Crippen molar-refractivity contribution in [2.75, 3.05) is 31.1 Å². The first-order valence-electron chi connectivity index (χ1n) is 9.77. The lowest BCUT2D eigenvalue weighted by Crippen LogP contribution is -3.13. The number of furan rings is 1. The lowest BCUT2D eigenvalue weighted by molar-refractivity contribution is -0.914. The number of hydrogen-bond donors (Lipinski definition) is 1. The van der Waals surface area contributed by atoms with E-state index in [1.165, 1.54) is 4.90 Å². The number of nitrogens with zero attached hydrogens (tertiary/aromatic N) is 3. The molecule has 0 atom stereocenters. The quantitative estimate of drug-likeness (QED) is 0.490. The Bertz CT molecular complexity index is 1200. The van der Waals surface area contributed by atoms with Crippen LogP contribution in [-0.2, 0) is 6.54 Å². The highest BCUT2D eigenvalue weighted by Gasteiger charge is 2.25. The molecular weight excluding hydrogens is 443 g/mol. The minimum Gasteiger partial charge on any atom is -1.00 e. The Morgan fingerprint density at radius 1 is 1.07 bits per heavy atom. The zero-order valence-corrected chi connectivity index (χ0v) is 18.7. The molecule has 1 saturated heterocycles. The molecule has 1 aliphatic rings. The fourth-order valence-corrected chi connectivity index (χ4v) is 4.52. The maximum absolute atomic E-state index is 6.36. The van der Waals surface area contributed by atoms with Crippen LogP contribution < -0.4 is 22.2 Å². The number of hydrogen-bond acceptors (Lipinski definition) is 4. The molecule has 156 valence electrons. The van der Waals surface area contributed by atoms with Crippen LogP contribution in [0, 0.1) is 6.92 Å². The van der Waals surface area contributed by atoms with Gasteiger partial charge in [0, 0.05) is 16.0 Å². The number of fused-ring (bicyclic) bond motifs is 3. The molecule has 5 nitrogen and oxygen atoms in total. The van der Waals surface area contributed by atoms with Gasteiger partial charge in [-0.05, 0) is 31.2 Å². The molecule has 0 unspecified atom stereocenters. The maximum Gasteiger partial charge on any atom is 0.196 e. The topological polar surface area (TPSA) is 46.6 Å². The summed E-state index contributed by atoms with van der Waals surface area (Å²) in [5, 5.41) is 2.45. The van der Waals surface area contributed by atoms with E-state index < -0.39 is 0 Å². The summed E-state index contributed by atoms with van der Waals surface area (Å²) in [5.74, 6) is 1.66. The zero-order chi connectivity index (χ0) is 20.0. The summed E-state index contributed by atoms with van der Waals surface area (Å²) in [6.07, 6.45) is 0. The smallest absolute Gasteiger partial charge is 0.196 e. The molecule has 1 fully saturated rings. The number of nitrogens with one attached hydrogen (secondary N) is 1. The predicted molar refractivity (Wildman–Crippen MR) is 117 cm³/mol. The van der Waals surface area contributed by atoms with Gasteiger partial charge in [-0.15, -0.1) is 0 Å². The van der Waals surface area contributed by atoms with E-state index >= 15 is 0 Å². The second kappa shape index (κ2) is 8.60. The van der Waals surface area contributed by atoms with Crippen LogP contribution in [0.2, 0.25) is 10.0 Å². The summed E-state index contributed by atoms with van der Waals surface area (Å²) >= 11 is 12.4. The van der Waals surface area contributed by atoms with E-state index in [0.717, 1.165) is 77.0 Å². The number of piperazine rings is 1. The molecule has 4 aromatic rings. The van der Waals surface area contributed by atoms with E-state index in [4.69, 9.17) is 32.6 Å². The van der Waals surface area contributed by atoms with Crippen molar-refractivity contribution in [1.29, 1.82) is 0 Å². The van der Waals surface area contributed by atoms with Crippen molar-refractivity contribution in [2.24, 2.45) is 0 Å². The summed E-state index contributed by atoms with van der Waals surface area (Å²) < 4.78 is 6.14. The average molecular weight is 464 g/mol. The Hall–Kier alpha value is -2.05. The van der Waals surface area contributed by atoms with Crippen molar-refractivity contribution >= 4 is 51.1 Å². The van der Waals surface area contributed by atoms with Gasteiger partial charge in [0.25, 0.3) is 0 Å². The summed E-state index contributed by atoms with van der Waals surface area (Å²) in [5.41, 5.74) is 3.66. The Balaban J connectivity index is 0.00000218. The lowest BCUT2D eigenvalue weighted by atomic mass is 10.2. The number of halogens is 3. The third-order valence-corrected chi connectivity index (χ3v) is 6.13. The fourth-order valence-electron chi connectivity index (χ4n) is 4.05. The Morgan fingerprint density at radius 2 is 1.83 bits per heavy atom. The predicted octanol–water partition coefficient (Wildman–Crippen LogP) is 0.900. The molecule has 2 aromatic carbocycles. The Labute approximate surface area is 191 Å². The van der Waals surface area contributed by atoms with Gasteiger partial charge >= 0.3 is 0 Å². The molecule has 30 heavy (non-hydrogen) atoms. The molecule has 0 bridgehead atoms. The first-order chi connectivity index (χ1) is 14.1. The molecule has 0 radical (unpaired) electrons. The fraction of sp³-hybridized carbons (Fsp3) is 0.273. The molecule has 1 N–H and O–H groups in total. The third kappa shape index (κ3) is 3.95. The molecule has 0 aliphatic carbocycles. The Kier molecular flexibility index (Phi) is 6.07. The molecule has 0 amide bonds. The van der Waals surface area contributed by atoms with Crippen LogP contribution >= 0.6 is 23.2 Å². The van der Waals surface area contributed by atoms with Gasteiger partial charge in [-0.25, -0.2) is 9.97 Å². The summed E-state index contributed by atoms with van der Waals surface area (Å²) in [6.45, 7) is 6.65. The molecule has 0 spiro atoms. The van der Waals surface area contributed by atoms with Gasteiger partial charge in [0.05, 0.1) is 31.2 Å². The second-order valence-electron chi connectivity index (χ2n) is 7.52. The zero-order valence-electron chi connectivity index (χ0n) is 16.5. The van der Waals surface area contributed by atoms with E-state index in [9.17, 15) is 0 Å². The highest BCUT2D eigenvalue weighted by molar-refractivity contribution is 6.35. The molecule has 5 rings (SSSR count). The van der Waals surface area contributed by atoms with Gasteiger partial charge in [0.1, 0.15) is 23.5 Å². The second-order valence-corrected chi connectivity index (χ2v) is 8.36. The van der Waals surface area contributed by atoms with Gasteiger partial charge in [-0.2, -0.15) is 0 Å². The van der Waals surface area contributed by atoms with Crippen molar-refractivity contribution in [3.05, 3.63) is 63.9 Å². The number of rotatable bonds is 3. The van der Waals surface area contributed by atoms with Gasteiger partial charge in [0.2, 0.25) is 0 Å². The van der Waals surface area contributed by atoms with Gasteiger partial charge in [0.15, 0.2) is 11.4 Å². The van der Waals surface area contributed by atoms with Crippen molar-refractivity contribution in [3.8, 4) is 0 Å². The normalized spacial score (nSPS) is 15.0. The van der Waals surface area contributed by atoms with Crippen LogP contribution in [0.3, 0.4) is 0 Å². The van der Waals surface area contributed by atoms with E-state index in [1.54, 1.807) is 0 Å². The molecular formula is C22H21Cl3N4O. The van der Waals surface area contributed by atoms with Crippen LogP contribution in [0.15, 0.2) is 46.9 Å². The first-order valence-corrected chi connectivity index (χ1v) is 10.5. The van der Waals surface area contributed by atoms with Crippen molar-refractivity contribution in [1.82, 2.24) is 9.97 Å². The van der Waals surface area contributed by atoms with Crippen LogP contribution in [-0.4, -0.2) is 36.1 Å². The Morgan fingerprint density at radius 3 is 2.60 bits per heavy atom. The van der Waals surface area contributed by atoms with Crippen LogP contribution in [0.5, 0.6) is 0 Å². The van der Waals surface area contributed by atoms with E-state index in [1.807, 2.05) is 43.3 Å². The SMILES string of the molecule is Cc1nc(N2CC[NH+](Cc3ccc(Cl)cc3Cl)CC2)c2oc3ccccc3c2n1.[Cl-]. The lowest BCUT2D eigenvalue weighted by Gasteiger charge is -2.33. The van der Waals surface area contributed by atoms with E-state index in [2.05, 4.69) is 16.0 Å². The van der Waals surface area contributed by atoms with Gasteiger partial charge in [-0.1, -0.05) is 41.4 Å². The number of benzene rings is 2. The van der Waals surface area contributed by atoms with Crippen molar-refractivity contribution < 1.29 is 21.7 Å². The molecule has 0 saturated carbocycles. The monoisotopic (exact) mass is 462 g/mol. The van der Waals surface area contributed by atoms with Crippen molar-refractivity contribution in [2.45, 2.75) is 13.5 Å². The van der Waals surface area contributed by atoms with Gasteiger partial charge < -0.3 is 26.6 Å². The third-order valence-electron chi connectivity index (χ3n) is 5.54. The number of anilines is 1. The maximum atomic E-state index is 6.36. The summed E-state index contributed by atoms with van der Waals surface area (Å²) in [4.78, 5) is 13.2. The number of quaternary nitrogens is 1. The number of para-hydroxylation sites is 1. The first kappa shape index (κ1) is 21.2. The molecule has 2 aromatic heterocycles. The number of aryl methyl sites for hydroxylation is 1. The van der Waals surface area contributed by atoms with E-state index in [-0.39, 0.29) is 12.4 Å². The van der Waals surface area contributed by atoms with E-state index in [0.29, 0.717) is 5.02 Å². The highest BCUT2D eigenvalue weighted by Crippen LogP contribution is 2.32. The van der Waals surface area contributed by atoms with Crippen molar-refractivity contribution in [3.63, 3.8) is 0 Å². The molecule has 3 heterocycles. The summed E-state index contributed by atoms with van der Waals surface area (Å²) in [6, 6.07) is 13.8. The largest absolute Gasteiger partial charge is 1.00 e. The van der Waals surface area contributed by atoms with Crippen LogP contribution in [0.25, 0.3) is 22.1 Å². The highest BCUT2D eigenvalue weighted by atomic mass is 35.5. The minimum atomic E-state index is 0. The standard InChI is InChI=1S/C22H20Cl2N4O.ClH/c1-14-25-20-17-4-2-3-5-19(17)29-21(20)22(26-14)28-10-8-27(9-11-28)13-15-6-7-16(23)12-18(15)24;/h2-7,12H,8-11,13H2,1H3;1H. The molecule has 1 aliphatic heterocycles. The van der Waals surface area contributed by atoms with Crippen LogP contribution in [0.1, 0.15) is 11.4 Å². The molecule has 8 heteroatoms. The minimum absolute atomic E-state index is 0. The van der Waals surface area contributed by atoms with Gasteiger partial charge in [-0.3, -0.25) is 0 Å².